The highest BCUT2D eigenvalue weighted by molar-refractivity contribution is 5.85. The lowest BCUT2D eigenvalue weighted by Crippen LogP contribution is -2.01. The molecule has 0 saturated carbocycles. The fraction of sp³-hybridized carbons (Fsp3) is 0.400. The van der Waals surface area contributed by atoms with Crippen LogP contribution in [0.3, 0.4) is 0 Å². The van der Waals surface area contributed by atoms with E-state index in [1.807, 2.05) is 6.92 Å². The van der Waals surface area contributed by atoms with Crippen molar-refractivity contribution in [3.8, 4) is 0 Å². The molecule has 0 aromatic carbocycles. The zero-order valence-electron chi connectivity index (χ0n) is 6.02. The second-order valence-electron chi connectivity index (χ2n) is 1.82. The third-order valence-corrected chi connectivity index (χ3v) is 1.26. The van der Waals surface area contributed by atoms with Gasteiger partial charge in [0, 0.05) is 6.54 Å². The average molecular weight is 177 g/mol. The zero-order valence-corrected chi connectivity index (χ0v) is 6.84. The molecule has 1 rings (SSSR count). The number of rotatable bonds is 2. The van der Waals surface area contributed by atoms with Crippen LogP contribution in [-0.4, -0.2) is 9.78 Å². The van der Waals surface area contributed by atoms with Crippen molar-refractivity contribution >= 4 is 23.9 Å². The first-order valence-electron chi connectivity index (χ1n) is 2.94. The molecule has 0 bridgehead atoms. The largest absolute Gasteiger partial charge is 0.382 e. The van der Waals surface area contributed by atoms with E-state index in [-0.39, 0.29) is 18.1 Å². The summed E-state index contributed by atoms with van der Waals surface area (Å²) < 4.78 is 1.51. The number of nitrogen functional groups attached to an aromatic ring is 1. The predicted octanol–water partition coefficient (Wildman–Crippen LogP) is 1.30. The topological polar surface area (TPSA) is 73.3 Å². The summed E-state index contributed by atoms with van der Waals surface area (Å²) in [7, 11) is 0. The third kappa shape index (κ3) is 1.68. The minimum absolute atomic E-state index is 0. The Morgan fingerprint density at radius 1 is 1.82 bits per heavy atom. The van der Waals surface area contributed by atoms with Gasteiger partial charge in [-0.05, 0) is 12.1 Å². The molecule has 0 atom stereocenters. The maximum absolute atomic E-state index is 9.97. The van der Waals surface area contributed by atoms with E-state index in [4.69, 9.17) is 5.73 Å². The first kappa shape index (κ1) is 9.90. The highest BCUT2D eigenvalue weighted by Gasteiger charge is 2.04. The van der Waals surface area contributed by atoms with Crippen LogP contribution in [0.5, 0.6) is 0 Å². The molecule has 0 amide bonds. The summed E-state index contributed by atoms with van der Waals surface area (Å²) >= 11 is 0. The van der Waals surface area contributed by atoms with E-state index in [1.165, 1.54) is 10.9 Å². The van der Waals surface area contributed by atoms with Crippen LogP contribution in [0.1, 0.15) is 6.92 Å². The molecule has 0 fully saturated rings. The Kier molecular flexibility index (Phi) is 3.53. The lowest BCUT2D eigenvalue weighted by molar-refractivity contribution is 0.670. The van der Waals surface area contributed by atoms with E-state index < -0.39 is 0 Å². The number of nitrogens with two attached hydrogens (primary N) is 1. The van der Waals surface area contributed by atoms with Crippen LogP contribution in [0.25, 0.3) is 0 Å². The number of aryl methyl sites for hydroxylation is 1. The summed E-state index contributed by atoms with van der Waals surface area (Å²) in [6.07, 6.45) is 1.35. The van der Waals surface area contributed by atoms with E-state index in [9.17, 15) is 4.91 Å². The van der Waals surface area contributed by atoms with Crippen molar-refractivity contribution in [3.05, 3.63) is 11.1 Å². The Hall–Kier alpha value is -1.10. The quantitative estimate of drug-likeness (QED) is 0.691. The molecule has 0 unspecified atom stereocenters. The van der Waals surface area contributed by atoms with E-state index in [2.05, 4.69) is 10.3 Å². The molecule has 62 valence electrons. The van der Waals surface area contributed by atoms with E-state index >= 15 is 0 Å². The molecule has 1 heterocycles. The Balaban J connectivity index is 0.000001000. The molecule has 0 saturated heterocycles. The number of aromatic nitrogens is 2. The fourth-order valence-electron chi connectivity index (χ4n) is 0.707. The number of nitroso groups, excluding NO2 is 1. The van der Waals surface area contributed by atoms with Crippen LogP contribution in [0.2, 0.25) is 0 Å². The van der Waals surface area contributed by atoms with Gasteiger partial charge in [-0.25, -0.2) is 4.68 Å². The van der Waals surface area contributed by atoms with Gasteiger partial charge in [0.15, 0.2) is 11.5 Å². The molecule has 0 aliphatic rings. The standard InChI is InChI=1S/C5H8N4O.ClH/c1-2-9-5(6)4(8-10)3-7-9;/h3H,2,6H2,1H3;1H. The Bertz CT molecular complexity index is 247. The second-order valence-corrected chi connectivity index (χ2v) is 1.82. The minimum Gasteiger partial charge on any atom is -0.382 e. The first-order valence-corrected chi connectivity index (χ1v) is 2.94. The van der Waals surface area contributed by atoms with E-state index in [1.54, 1.807) is 0 Å². The molecule has 0 spiro atoms. The van der Waals surface area contributed by atoms with Gasteiger partial charge >= 0.3 is 0 Å². The van der Waals surface area contributed by atoms with Gasteiger partial charge in [-0.2, -0.15) is 5.10 Å². The van der Waals surface area contributed by atoms with Gasteiger partial charge in [0.05, 0.1) is 6.20 Å². The third-order valence-electron chi connectivity index (χ3n) is 1.26. The Morgan fingerprint density at radius 2 is 2.45 bits per heavy atom. The van der Waals surface area contributed by atoms with Gasteiger partial charge < -0.3 is 5.73 Å². The van der Waals surface area contributed by atoms with Crippen molar-refractivity contribution in [3.63, 3.8) is 0 Å². The van der Waals surface area contributed by atoms with Gasteiger partial charge in [0.2, 0.25) is 0 Å². The molecule has 0 aliphatic carbocycles. The molecule has 1 aromatic heterocycles. The van der Waals surface area contributed by atoms with E-state index in [0.29, 0.717) is 12.4 Å². The van der Waals surface area contributed by atoms with Gasteiger partial charge in [-0.1, -0.05) is 0 Å². The number of halogens is 1. The van der Waals surface area contributed by atoms with Crippen LogP contribution in [0.15, 0.2) is 11.4 Å². The maximum atomic E-state index is 9.97. The van der Waals surface area contributed by atoms with Gasteiger partial charge in [-0.15, -0.1) is 17.3 Å². The monoisotopic (exact) mass is 176 g/mol. The summed E-state index contributed by atoms with van der Waals surface area (Å²) in [5.74, 6) is 0.331. The molecule has 11 heavy (non-hydrogen) atoms. The lowest BCUT2D eigenvalue weighted by Gasteiger charge is -1.95. The molecular formula is C5H9ClN4O. The zero-order chi connectivity index (χ0) is 7.56. The first-order chi connectivity index (χ1) is 4.79. The van der Waals surface area contributed by atoms with Crippen LogP contribution in [0.4, 0.5) is 11.5 Å². The molecule has 0 radical (unpaired) electrons. The minimum atomic E-state index is 0. The van der Waals surface area contributed by atoms with Gasteiger partial charge in [0.1, 0.15) is 0 Å². The van der Waals surface area contributed by atoms with E-state index in [0.717, 1.165) is 0 Å². The molecule has 5 nitrogen and oxygen atoms in total. The number of hydrogen-bond acceptors (Lipinski definition) is 4. The summed E-state index contributed by atoms with van der Waals surface area (Å²) in [5.41, 5.74) is 5.64. The summed E-state index contributed by atoms with van der Waals surface area (Å²) in [4.78, 5) is 9.97. The Labute approximate surface area is 70.0 Å². The summed E-state index contributed by atoms with van der Waals surface area (Å²) in [5, 5.41) is 6.48. The highest BCUT2D eigenvalue weighted by atomic mass is 35.5. The predicted molar refractivity (Wildman–Crippen MR) is 45.0 cm³/mol. The maximum Gasteiger partial charge on any atom is 0.169 e. The molecule has 2 N–H and O–H groups in total. The lowest BCUT2D eigenvalue weighted by atomic mass is 10.5. The SMILES string of the molecule is CCn1ncc(N=O)c1N.Cl. The fourth-order valence-corrected chi connectivity index (χ4v) is 0.707. The second kappa shape index (κ2) is 3.92. The average Bonchev–Trinajstić information content (AvgIpc) is 2.30. The number of anilines is 1. The van der Waals surface area contributed by atoms with Crippen LogP contribution in [-0.2, 0) is 6.54 Å². The van der Waals surface area contributed by atoms with Crippen molar-refractivity contribution < 1.29 is 0 Å². The van der Waals surface area contributed by atoms with Crippen LogP contribution < -0.4 is 5.73 Å². The Morgan fingerprint density at radius 3 is 2.73 bits per heavy atom. The molecule has 6 heteroatoms. The van der Waals surface area contributed by atoms with Crippen LogP contribution >= 0.6 is 12.4 Å². The smallest absolute Gasteiger partial charge is 0.169 e. The molecule has 1 aromatic rings. The summed E-state index contributed by atoms with van der Waals surface area (Å²) in [6, 6.07) is 0. The van der Waals surface area contributed by atoms with Crippen molar-refractivity contribution in [1.82, 2.24) is 9.78 Å². The van der Waals surface area contributed by atoms with Crippen molar-refractivity contribution in [1.29, 1.82) is 0 Å². The van der Waals surface area contributed by atoms with Crippen molar-refractivity contribution in [2.45, 2.75) is 13.5 Å². The molecular weight excluding hydrogens is 168 g/mol. The molecule has 0 aliphatic heterocycles. The van der Waals surface area contributed by atoms with Gasteiger partial charge in [0.25, 0.3) is 0 Å². The highest BCUT2D eigenvalue weighted by Crippen LogP contribution is 2.19. The summed E-state index contributed by atoms with van der Waals surface area (Å²) in [6.45, 7) is 2.54. The van der Waals surface area contributed by atoms with Crippen LogP contribution in [0, 0.1) is 4.91 Å². The van der Waals surface area contributed by atoms with Gasteiger partial charge in [-0.3, -0.25) is 0 Å². The number of hydrogen-bond donors (Lipinski definition) is 1. The number of nitrogens with zero attached hydrogens (tertiary/aromatic N) is 3. The van der Waals surface area contributed by atoms with Crippen molar-refractivity contribution in [2.75, 3.05) is 5.73 Å². The van der Waals surface area contributed by atoms with Crippen molar-refractivity contribution in [2.24, 2.45) is 5.18 Å². The normalized spacial score (nSPS) is 8.82.